The molecule has 0 radical (unpaired) electrons. The molecule has 3 unspecified atom stereocenters. The molecule has 3 aliphatic rings. The average molecular weight is 220 g/mol. The quantitative estimate of drug-likeness (QED) is 0.445. The first kappa shape index (κ1) is 10.8. The van der Waals surface area contributed by atoms with Gasteiger partial charge in [-0.2, -0.15) is 0 Å². The summed E-state index contributed by atoms with van der Waals surface area (Å²) in [5, 5.41) is 0. The van der Waals surface area contributed by atoms with E-state index in [0.29, 0.717) is 23.0 Å². The molecule has 2 aliphatic carbocycles. The van der Waals surface area contributed by atoms with Crippen molar-refractivity contribution >= 4 is 0 Å². The van der Waals surface area contributed by atoms with Crippen molar-refractivity contribution < 1.29 is 4.74 Å². The van der Waals surface area contributed by atoms with E-state index in [2.05, 4.69) is 34.6 Å². The summed E-state index contributed by atoms with van der Waals surface area (Å²) in [5.41, 5.74) is 4.26. The van der Waals surface area contributed by atoms with Gasteiger partial charge >= 0.3 is 0 Å². The van der Waals surface area contributed by atoms with Crippen LogP contribution in [0.25, 0.3) is 0 Å². The Morgan fingerprint density at radius 3 is 2.19 bits per heavy atom. The summed E-state index contributed by atoms with van der Waals surface area (Å²) in [6.45, 7) is 12.1. The maximum atomic E-state index is 5.75. The summed E-state index contributed by atoms with van der Waals surface area (Å²) >= 11 is 0. The molecule has 1 saturated heterocycles. The SMILES string of the molecule is CC1CC(C)(C)C2=C(CC3OC3C2)C1(C)C. The zero-order valence-corrected chi connectivity index (χ0v) is 11.3. The van der Waals surface area contributed by atoms with E-state index >= 15 is 0 Å². The van der Waals surface area contributed by atoms with Gasteiger partial charge in [0.25, 0.3) is 0 Å². The fourth-order valence-corrected chi connectivity index (χ4v) is 3.96. The van der Waals surface area contributed by atoms with Crippen LogP contribution in [0.1, 0.15) is 53.9 Å². The second-order valence-corrected chi connectivity index (χ2v) is 7.29. The van der Waals surface area contributed by atoms with Crippen LogP contribution in [-0.4, -0.2) is 12.2 Å². The van der Waals surface area contributed by atoms with E-state index in [-0.39, 0.29) is 0 Å². The van der Waals surface area contributed by atoms with E-state index in [1.807, 2.05) is 0 Å². The van der Waals surface area contributed by atoms with Crippen LogP contribution in [0.3, 0.4) is 0 Å². The molecule has 0 aromatic heterocycles. The molecule has 0 aromatic rings. The molecule has 0 aromatic carbocycles. The van der Waals surface area contributed by atoms with Gasteiger partial charge in [0.15, 0.2) is 0 Å². The molecule has 1 heterocycles. The van der Waals surface area contributed by atoms with E-state index in [1.54, 1.807) is 11.1 Å². The second-order valence-electron chi connectivity index (χ2n) is 7.29. The van der Waals surface area contributed by atoms with Crippen LogP contribution in [0.4, 0.5) is 0 Å². The van der Waals surface area contributed by atoms with E-state index in [9.17, 15) is 0 Å². The Bertz CT molecular complexity index is 362. The van der Waals surface area contributed by atoms with Crippen molar-refractivity contribution in [2.45, 2.75) is 66.1 Å². The summed E-state index contributed by atoms with van der Waals surface area (Å²) in [6.07, 6.45) is 4.89. The van der Waals surface area contributed by atoms with Crippen molar-refractivity contribution in [3.8, 4) is 0 Å². The molecule has 90 valence electrons. The summed E-state index contributed by atoms with van der Waals surface area (Å²) in [7, 11) is 0. The first-order chi connectivity index (χ1) is 7.32. The lowest BCUT2D eigenvalue weighted by Gasteiger charge is -2.49. The highest BCUT2D eigenvalue weighted by Gasteiger charge is 2.52. The maximum absolute atomic E-state index is 5.75. The van der Waals surface area contributed by atoms with Gasteiger partial charge in [0.1, 0.15) is 0 Å². The molecule has 1 fully saturated rings. The Kier molecular flexibility index (Phi) is 1.98. The molecular weight excluding hydrogens is 196 g/mol. The highest BCUT2D eigenvalue weighted by atomic mass is 16.6. The monoisotopic (exact) mass is 220 g/mol. The van der Waals surface area contributed by atoms with Gasteiger partial charge < -0.3 is 4.74 Å². The van der Waals surface area contributed by atoms with Crippen molar-refractivity contribution in [2.75, 3.05) is 0 Å². The molecule has 0 spiro atoms. The van der Waals surface area contributed by atoms with Crippen LogP contribution in [0.5, 0.6) is 0 Å². The van der Waals surface area contributed by atoms with Gasteiger partial charge in [0.2, 0.25) is 0 Å². The Morgan fingerprint density at radius 2 is 1.56 bits per heavy atom. The summed E-state index contributed by atoms with van der Waals surface area (Å²) < 4.78 is 5.75. The standard InChI is InChI=1S/C15H24O/c1-9-8-14(2,3)10-6-12-13(16-12)7-11(10)15(9,4)5/h9,12-13H,6-8H2,1-5H3. The predicted octanol–water partition coefficient (Wildman–Crippen LogP) is 3.94. The number of hydrogen-bond acceptors (Lipinski definition) is 1. The first-order valence-corrected chi connectivity index (χ1v) is 6.71. The van der Waals surface area contributed by atoms with Gasteiger partial charge in [-0.3, -0.25) is 0 Å². The fourth-order valence-electron chi connectivity index (χ4n) is 3.96. The Labute approximate surface area is 99.3 Å². The smallest absolute Gasteiger partial charge is 0.0882 e. The van der Waals surface area contributed by atoms with Crippen LogP contribution in [0, 0.1) is 16.7 Å². The minimum absolute atomic E-state index is 0.391. The predicted molar refractivity (Wildman–Crippen MR) is 66.3 cm³/mol. The topological polar surface area (TPSA) is 12.5 Å². The van der Waals surface area contributed by atoms with Crippen LogP contribution in [0.2, 0.25) is 0 Å². The summed E-state index contributed by atoms with van der Waals surface area (Å²) in [4.78, 5) is 0. The lowest BCUT2D eigenvalue weighted by molar-refractivity contribution is 0.160. The minimum Gasteiger partial charge on any atom is -0.369 e. The first-order valence-electron chi connectivity index (χ1n) is 6.71. The second kappa shape index (κ2) is 2.93. The van der Waals surface area contributed by atoms with Gasteiger partial charge in [-0.05, 0) is 36.0 Å². The zero-order chi connectivity index (χ0) is 11.7. The molecule has 1 heteroatoms. The zero-order valence-electron chi connectivity index (χ0n) is 11.3. The van der Waals surface area contributed by atoms with Crippen LogP contribution < -0.4 is 0 Å². The Balaban J connectivity index is 2.08. The maximum Gasteiger partial charge on any atom is 0.0882 e. The molecule has 16 heavy (non-hydrogen) atoms. The molecule has 0 N–H and O–H groups in total. The van der Waals surface area contributed by atoms with E-state index in [1.165, 1.54) is 19.3 Å². The third-order valence-electron chi connectivity index (χ3n) is 5.51. The molecule has 0 amide bonds. The summed E-state index contributed by atoms with van der Waals surface area (Å²) in [5.74, 6) is 0.788. The highest BCUT2D eigenvalue weighted by molar-refractivity contribution is 5.35. The Hall–Kier alpha value is -0.300. The number of rotatable bonds is 0. The van der Waals surface area contributed by atoms with Crippen molar-refractivity contribution in [1.29, 1.82) is 0 Å². The molecule has 3 atom stereocenters. The third-order valence-corrected chi connectivity index (χ3v) is 5.51. The number of epoxide rings is 1. The van der Waals surface area contributed by atoms with Crippen LogP contribution in [0.15, 0.2) is 11.1 Å². The van der Waals surface area contributed by atoms with Gasteiger partial charge in [-0.15, -0.1) is 0 Å². The van der Waals surface area contributed by atoms with E-state index in [0.717, 1.165) is 5.92 Å². The van der Waals surface area contributed by atoms with Gasteiger partial charge in [-0.1, -0.05) is 45.8 Å². The van der Waals surface area contributed by atoms with Crippen LogP contribution >= 0.6 is 0 Å². The number of ether oxygens (including phenoxy) is 1. The van der Waals surface area contributed by atoms with Crippen molar-refractivity contribution in [3.05, 3.63) is 11.1 Å². The van der Waals surface area contributed by atoms with E-state index in [4.69, 9.17) is 4.74 Å². The molecule has 1 nitrogen and oxygen atoms in total. The molecule has 3 rings (SSSR count). The highest BCUT2D eigenvalue weighted by Crippen LogP contribution is 2.59. The van der Waals surface area contributed by atoms with Crippen molar-refractivity contribution in [2.24, 2.45) is 16.7 Å². The molecule has 0 saturated carbocycles. The normalized spacial score (nSPS) is 43.7. The van der Waals surface area contributed by atoms with Crippen molar-refractivity contribution in [1.82, 2.24) is 0 Å². The molecular formula is C15H24O. The van der Waals surface area contributed by atoms with E-state index < -0.39 is 0 Å². The number of hydrogen-bond donors (Lipinski definition) is 0. The largest absolute Gasteiger partial charge is 0.369 e. The molecule has 0 bridgehead atoms. The fraction of sp³-hybridized carbons (Fsp3) is 0.867. The molecule has 1 aliphatic heterocycles. The van der Waals surface area contributed by atoms with Gasteiger partial charge in [0.05, 0.1) is 12.2 Å². The van der Waals surface area contributed by atoms with Gasteiger partial charge in [-0.25, -0.2) is 0 Å². The lowest BCUT2D eigenvalue weighted by Crippen LogP contribution is -2.39. The minimum atomic E-state index is 0.391. The van der Waals surface area contributed by atoms with Crippen molar-refractivity contribution in [3.63, 3.8) is 0 Å². The third kappa shape index (κ3) is 1.33. The summed E-state index contributed by atoms with van der Waals surface area (Å²) in [6, 6.07) is 0. The average Bonchev–Trinajstić information content (AvgIpc) is 2.90. The number of fused-ring (bicyclic) bond motifs is 1. The van der Waals surface area contributed by atoms with Gasteiger partial charge in [0, 0.05) is 0 Å². The lowest BCUT2D eigenvalue weighted by atomic mass is 9.55. The van der Waals surface area contributed by atoms with Crippen LogP contribution in [-0.2, 0) is 4.74 Å². The Morgan fingerprint density at radius 1 is 1.00 bits per heavy atom.